The molecule has 1 aromatic heterocycles. The van der Waals surface area contributed by atoms with Gasteiger partial charge in [-0.1, -0.05) is 29.3 Å². The first kappa shape index (κ1) is 10.6. The summed E-state index contributed by atoms with van der Waals surface area (Å²) in [7, 11) is 1.82. The molecular formula is C10H11Cl2N3. The van der Waals surface area contributed by atoms with Gasteiger partial charge in [0, 0.05) is 24.1 Å². The van der Waals surface area contributed by atoms with E-state index < -0.39 is 0 Å². The first-order chi connectivity index (χ1) is 7.08. The van der Waals surface area contributed by atoms with Gasteiger partial charge in [-0.15, -0.1) is 0 Å². The average Bonchev–Trinajstić information content (AvgIpc) is 2.52. The number of allylic oxidation sites excluding steroid dienone is 4. The summed E-state index contributed by atoms with van der Waals surface area (Å²) in [4.78, 5) is 0. The van der Waals surface area contributed by atoms with Crippen molar-refractivity contribution in [3.8, 4) is 0 Å². The van der Waals surface area contributed by atoms with Crippen molar-refractivity contribution in [2.24, 2.45) is 7.05 Å². The third kappa shape index (κ3) is 2.03. The van der Waals surface area contributed by atoms with E-state index in [9.17, 15) is 0 Å². The molecular weight excluding hydrogens is 233 g/mol. The van der Waals surface area contributed by atoms with Crippen LogP contribution in [0.1, 0.15) is 18.0 Å². The van der Waals surface area contributed by atoms with Gasteiger partial charge < -0.3 is 5.73 Å². The van der Waals surface area contributed by atoms with Gasteiger partial charge in [0.15, 0.2) is 0 Å². The summed E-state index contributed by atoms with van der Waals surface area (Å²) < 4.78 is 1.65. The van der Waals surface area contributed by atoms with Crippen LogP contribution >= 0.6 is 23.2 Å². The number of anilines is 1. The molecule has 1 heterocycles. The second-order valence-corrected chi connectivity index (χ2v) is 4.40. The minimum atomic E-state index is 0.170. The van der Waals surface area contributed by atoms with E-state index in [4.69, 9.17) is 28.9 Å². The monoisotopic (exact) mass is 243 g/mol. The Kier molecular flexibility index (Phi) is 2.76. The van der Waals surface area contributed by atoms with E-state index in [-0.39, 0.29) is 5.92 Å². The summed E-state index contributed by atoms with van der Waals surface area (Å²) in [6.45, 7) is 0. The van der Waals surface area contributed by atoms with Crippen LogP contribution in [0.5, 0.6) is 0 Å². The van der Waals surface area contributed by atoms with Crippen LogP contribution in [0.15, 0.2) is 28.3 Å². The standard InChI is InChI=1S/C10H11Cl2N3/c1-15-10(13)5-9(14-15)6-2-3-7(11)8(12)4-6/h2-3,5-6H,4,13H2,1H3. The van der Waals surface area contributed by atoms with Crippen LogP contribution in [0.3, 0.4) is 0 Å². The third-order valence-electron chi connectivity index (χ3n) is 2.45. The molecule has 80 valence electrons. The number of aromatic nitrogens is 2. The molecule has 0 aromatic carbocycles. The zero-order valence-electron chi connectivity index (χ0n) is 8.24. The Morgan fingerprint density at radius 3 is 2.80 bits per heavy atom. The maximum absolute atomic E-state index is 5.99. The smallest absolute Gasteiger partial charge is 0.121 e. The number of hydrogen-bond donors (Lipinski definition) is 1. The number of hydrogen-bond acceptors (Lipinski definition) is 2. The molecule has 0 saturated carbocycles. The summed E-state index contributed by atoms with van der Waals surface area (Å²) in [6, 6.07) is 1.86. The Balaban J connectivity index is 2.25. The van der Waals surface area contributed by atoms with Gasteiger partial charge in [0.25, 0.3) is 0 Å². The molecule has 1 atom stereocenters. The highest BCUT2D eigenvalue weighted by Gasteiger charge is 2.18. The molecule has 0 radical (unpaired) electrons. The maximum Gasteiger partial charge on any atom is 0.121 e. The van der Waals surface area contributed by atoms with Gasteiger partial charge >= 0.3 is 0 Å². The van der Waals surface area contributed by atoms with Gasteiger partial charge in [0.2, 0.25) is 0 Å². The van der Waals surface area contributed by atoms with E-state index in [1.165, 1.54) is 0 Å². The first-order valence-corrected chi connectivity index (χ1v) is 5.35. The lowest BCUT2D eigenvalue weighted by Crippen LogP contribution is -2.02. The minimum Gasteiger partial charge on any atom is -0.384 e. The highest BCUT2D eigenvalue weighted by atomic mass is 35.5. The van der Waals surface area contributed by atoms with Crippen molar-refractivity contribution in [1.82, 2.24) is 9.78 Å². The quantitative estimate of drug-likeness (QED) is 0.825. The van der Waals surface area contributed by atoms with Gasteiger partial charge in [-0.05, 0) is 12.5 Å². The molecule has 0 spiro atoms. The molecule has 1 unspecified atom stereocenters. The maximum atomic E-state index is 5.99. The van der Waals surface area contributed by atoms with Gasteiger partial charge in [0.05, 0.1) is 10.7 Å². The topological polar surface area (TPSA) is 43.8 Å². The van der Waals surface area contributed by atoms with Crippen molar-refractivity contribution in [1.29, 1.82) is 0 Å². The molecule has 1 aliphatic rings. The Morgan fingerprint density at radius 2 is 2.27 bits per heavy atom. The molecule has 0 bridgehead atoms. The Morgan fingerprint density at radius 1 is 1.53 bits per heavy atom. The van der Waals surface area contributed by atoms with Crippen LogP contribution in [0.25, 0.3) is 0 Å². The molecule has 0 fully saturated rings. The van der Waals surface area contributed by atoms with Crippen molar-refractivity contribution in [2.45, 2.75) is 12.3 Å². The lowest BCUT2D eigenvalue weighted by atomic mass is 9.97. The lowest BCUT2D eigenvalue weighted by molar-refractivity contribution is 0.716. The average molecular weight is 244 g/mol. The van der Waals surface area contributed by atoms with Crippen molar-refractivity contribution >= 4 is 29.0 Å². The van der Waals surface area contributed by atoms with E-state index in [0.29, 0.717) is 22.3 Å². The second kappa shape index (κ2) is 3.91. The van der Waals surface area contributed by atoms with Gasteiger partial charge in [-0.3, -0.25) is 4.68 Å². The fraction of sp³-hybridized carbons (Fsp3) is 0.300. The van der Waals surface area contributed by atoms with Crippen molar-refractivity contribution in [3.63, 3.8) is 0 Å². The number of halogens is 2. The van der Waals surface area contributed by atoms with Crippen molar-refractivity contribution in [2.75, 3.05) is 5.73 Å². The normalized spacial score (nSPS) is 21.1. The highest BCUT2D eigenvalue weighted by Crippen LogP contribution is 2.34. The zero-order valence-corrected chi connectivity index (χ0v) is 9.76. The van der Waals surface area contributed by atoms with E-state index in [2.05, 4.69) is 5.10 Å². The molecule has 15 heavy (non-hydrogen) atoms. The van der Waals surface area contributed by atoms with Crippen LogP contribution in [0, 0.1) is 0 Å². The van der Waals surface area contributed by atoms with Crippen LogP contribution in [-0.2, 0) is 7.05 Å². The predicted molar refractivity (Wildman–Crippen MR) is 62.9 cm³/mol. The third-order valence-corrected chi connectivity index (χ3v) is 3.26. The van der Waals surface area contributed by atoms with Crippen LogP contribution in [0.2, 0.25) is 0 Å². The van der Waals surface area contributed by atoms with Crippen LogP contribution in [-0.4, -0.2) is 9.78 Å². The van der Waals surface area contributed by atoms with Gasteiger partial charge in [-0.2, -0.15) is 5.10 Å². The summed E-state index contributed by atoms with van der Waals surface area (Å²) >= 11 is 11.9. The molecule has 0 aliphatic heterocycles. The van der Waals surface area contributed by atoms with Crippen LogP contribution in [0.4, 0.5) is 5.82 Å². The van der Waals surface area contributed by atoms with Crippen LogP contribution < -0.4 is 5.73 Å². The summed E-state index contributed by atoms with van der Waals surface area (Å²) in [5.41, 5.74) is 6.64. The zero-order chi connectivity index (χ0) is 11.0. The van der Waals surface area contributed by atoms with E-state index in [1.54, 1.807) is 4.68 Å². The Hall–Kier alpha value is -0.930. The molecule has 1 aromatic rings. The molecule has 3 nitrogen and oxygen atoms in total. The Labute approximate surface area is 98.2 Å². The molecule has 1 aliphatic carbocycles. The first-order valence-electron chi connectivity index (χ1n) is 4.59. The SMILES string of the molecule is Cn1nc(C2C=CC(Cl)=C(Cl)C2)cc1N. The summed E-state index contributed by atoms with van der Waals surface area (Å²) in [5.74, 6) is 0.818. The fourth-order valence-electron chi connectivity index (χ4n) is 1.54. The number of rotatable bonds is 1. The summed E-state index contributed by atoms with van der Waals surface area (Å²) in [5, 5.41) is 5.59. The van der Waals surface area contributed by atoms with Gasteiger partial charge in [0.1, 0.15) is 5.82 Å². The van der Waals surface area contributed by atoms with Crippen molar-refractivity contribution in [3.05, 3.63) is 34.0 Å². The number of aryl methyl sites for hydroxylation is 1. The molecule has 0 amide bonds. The van der Waals surface area contributed by atoms with E-state index >= 15 is 0 Å². The molecule has 2 rings (SSSR count). The summed E-state index contributed by atoms with van der Waals surface area (Å²) in [6.07, 6.45) is 4.49. The fourth-order valence-corrected chi connectivity index (χ4v) is 1.92. The van der Waals surface area contributed by atoms with E-state index in [1.807, 2.05) is 25.3 Å². The second-order valence-electron chi connectivity index (χ2n) is 3.54. The number of nitrogens with two attached hydrogens (primary N) is 1. The Bertz CT molecular complexity index is 426. The predicted octanol–water partition coefficient (Wildman–Crippen LogP) is 2.73. The molecule has 0 saturated heterocycles. The number of nitrogen functional groups attached to an aromatic ring is 1. The van der Waals surface area contributed by atoms with E-state index in [0.717, 1.165) is 5.69 Å². The molecule has 2 N–H and O–H groups in total. The van der Waals surface area contributed by atoms with Crippen molar-refractivity contribution < 1.29 is 0 Å². The van der Waals surface area contributed by atoms with Gasteiger partial charge in [-0.25, -0.2) is 0 Å². The largest absolute Gasteiger partial charge is 0.384 e. The number of nitrogens with zero attached hydrogens (tertiary/aromatic N) is 2. The highest BCUT2D eigenvalue weighted by molar-refractivity contribution is 6.40. The minimum absolute atomic E-state index is 0.170. The molecule has 5 heteroatoms. The lowest BCUT2D eigenvalue weighted by Gasteiger charge is -2.14.